The molecule has 0 aromatic heterocycles. The number of benzene rings is 1. The lowest BCUT2D eigenvalue weighted by molar-refractivity contribution is -0.126. The van der Waals surface area contributed by atoms with E-state index in [1.807, 2.05) is 0 Å². The predicted molar refractivity (Wildman–Crippen MR) is 75.7 cm³/mol. The molecule has 0 saturated carbocycles. The fourth-order valence-electron chi connectivity index (χ4n) is 2.54. The molecule has 1 aliphatic heterocycles. The number of amides is 2. The fourth-order valence-corrected chi connectivity index (χ4v) is 2.54. The molecule has 108 valence electrons. The Morgan fingerprint density at radius 3 is 2.85 bits per heavy atom. The third-order valence-electron chi connectivity index (χ3n) is 3.63. The van der Waals surface area contributed by atoms with E-state index in [4.69, 9.17) is 4.74 Å². The van der Waals surface area contributed by atoms with Crippen molar-refractivity contribution < 1.29 is 14.3 Å². The third-order valence-corrected chi connectivity index (χ3v) is 3.63. The molecule has 5 heteroatoms. The van der Waals surface area contributed by atoms with Crippen LogP contribution in [0, 0.1) is 0 Å². The molecule has 0 radical (unpaired) electrons. The highest BCUT2D eigenvalue weighted by molar-refractivity contribution is 5.98. The van der Waals surface area contributed by atoms with Gasteiger partial charge < -0.3 is 15.0 Å². The maximum atomic E-state index is 12.6. The van der Waals surface area contributed by atoms with Gasteiger partial charge in [-0.25, -0.2) is 0 Å². The average Bonchev–Trinajstić information content (AvgIpc) is 2.53. The Bertz CT molecular complexity index is 502. The smallest absolute Gasteiger partial charge is 0.254 e. The van der Waals surface area contributed by atoms with Crippen molar-refractivity contribution >= 4 is 11.8 Å². The molecule has 1 aromatic rings. The van der Waals surface area contributed by atoms with Gasteiger partial charge in [0.2, 0.25) is 5.91 Å². The molecule has 0 spiro atoms. The standard InChI is InChI=1S/C15H20N2O3/c1-16-14(18)13-8-3-4-9-17(13)15(19)11-6-5-7-12(10-11)20-2/h5-7,10,13H,3-4,8-9H2,1-2H3,(H,16,18)/t13-/m0/s1. The van der Waals surface area contributed by atoms with Crippen LogP contribution in [0.15, 0.2) is 24.3 Å². The monoisotopic (exact) mass is 276 g/mol. The van der Waals surface area contributed by atoms with E-state index in [9.17, 15) is 9.59 Å². The number of methoxy groups -OCH3 is 1. The molecule has 2 amide bonds. The number of nitrogens with zero attached hydrogens (tertiary/aromatic N) is 1. The van der Waals surface area contributed by atoms with Gasteiger partial charge in [0.05, 0.1) is 7.11 Å². The minimum absolute atomic E-state index is 0.0963. The number of nitrogens with one attached hydrogen (secondary N) is 1. The number of piperidine rings is 1. The summed E-state index contributed by atoms with van der Waals surface area (Å²) in [6.07, 6.45) is 2.62. The number of hydrogen-bond donors (Lipinski definition) is 1. The number of likely N-dealkylation sites (N-methyl/N-ethyl adjacent to an activating group) is 1. The van der Waals surface area contributed by atoms with E-state index in [0.29, 0.717) is 17.9 Å². The second-order valence-corrected chi connectivity index (χ2v) is 4.86. The van der Waals surface area contributed by atoms with E-state index < -0.39 is 0 Å². The van der Waals surface area contributed by atoms with E-state index in [-0.39, 0.29) is 17.9 Å². The molecule has 1 saturated heterocycles. The molecule has 1 atom stereocenters. The molecule has 1 heterocycles. The first kappa shape index (κ1) is 14.4. The Kier molecular flexibility index (Phi) is 4.61. The van der Waals surface area contributed by atoms with Crippen molar-refractivity contribution in [3.8, 4) is 5.75 Å². The molecule has 1 N–H and O–H groups in total. The van der Waals surface area contributed by atoms with E-state index >= 15 is 0 Å². The van der Waals surface area contributed by atoms with Crippen LogP contribution in [0.3, 0.4) is 0 Å². The molecule has 0 aliphatic carbocycles. The summed E-state index contributed by atoms with van der Waals surface area (Å²) in [5, 5.41) is 2.64. The number of likely N-dealkylation sites (tertiary alicyclic amines) is 1. The number of carbonyl (C=O) groups is 2. The number of hydrogen-bond acceptors (Lipinski definition) is 3. The first-order valence-corrected chi connectivity index (χ1v) is 6.84. The predicted octanol–water partition coefficient (Wildman–Crippen LogP) is 1.44. The topological polar surface area (TPSA) is 58.6 Å². The molecule has 1 aromatic carbocycles. The van der Waals surface area contributed by atoms with Gasteiger partial charge in [-0.15, -0.1) is 0 Å². The maximum absolute atomic E-state index is 12.6. The summed E-state index contributed by atoms with van der Waals surface area (Å²) in [4.78, 5) is 26.2. The quantitative estimate of drug-likeness (QED) is 0.908. The van der Waals surface area contributed by atoms with Crippen LogP contribution < -0.4 is 10.1 Å². The lowest BCUT2D eigenvalue weighted by atomic mass is 10.00. The SMILES string of the molecule is CNC(=O)[C@@H]1CCCCN1C(=O)c1cccc(OC)c1. The van der Waals surface area contributed by atoms with Crippen molar-refractivity contribution in [3.05, 3.63) is 29.8 Å². The largest absolute Gasteiger partial charge is 0.497 e. The van der Waals surface area contributed by atoms with Crippen molar-refractivity contribution in [2.75, 3.05) is 20.7 Å². The summed E-state index contributed by atoms with van der Waals surface area (Å²) in [6.45, 7) is 0.619. The molecular weight excluding hydrogens is 256 g/mol. The van der Waals surface area contributed by atoms with Crippen LogP contribution in [-0.4, -0.2) is 43.5 Å². The van der Waals surface area contributed by atoms with E-state index in [2.05, 4.69) is 5.32 Å². The number of rotatable bonds is 3. The van der Waals surface area contributed by atoms with Crippen LogP contribution in [0.5, 0.6) is 5.75 Å². The van der Waals surface area contributed by atoms with Crippen LogP contribution in [0.25, 0.3) is 0 Å². The van der Waals surface area contributed by atoms with Crippen molar-refractivity contribution in [3.63, 3.8) is 0 Å². The molecule has 1 fully saturated rings. The fraction of sp³-hybridized carbons (Fsp3) is 0.467. The van der Waals surface area contributed by atoms with E-state index in [0.717, 1.165) is 19.3 Å². The summed E-state index contributed by atoms with van der Waals surface area (Å²) < 4.78 is 5.14. The van der Waals surface area contributed by atoms with Crippen molar-refractivity contribution in [1.82, 2.24) is 10.2 Å². The second kappa shape index (κ2) is 6.41. The van der Waals surface area contributed by atoms with Crippen molar-refractivity contribution in [2.45, 2.75) is 25.3 Å². The van der Waals surface area contributed by atoms with Gasteiger partial charge in [0, 0.05) is 19.2 Å². The van der Waals surface area contributed by atoms with Crippen molar-refractivity contribution in [1.29, 1.82) is 0 Å². The van der Waals surface area contributed by atoms with Crippen LogP contribution in [0.1, 0.15) is 29.6 Å². The Balaban J connectivity index is 2.22. The van der Waals surface area contributed by atoms with E-state index in [1.54, 1.807) is 43.3 Å². The number of ether oxygens (including phenoxy) is 1. The van der Waals surface area contributed by atoms with Gasteiger partial charge in [-0.05, 0) is 37.5 Å². The van der Waals surface area contributed by atoms with Gasteiger partial charge in [0.1, 0.15) is 11.8 Å². The van der Waals surface area contributed by atoms with Crippen LogP contribution >= 0.6 is 0 Å². The highest BCUT2D eigenvalue weighted by Crippen LogP contribution is 2.21. The van der Waals surface area contributed by atoms with Gasteiger partial charge in [-0.1, -0.05) is 6.07 Å². The lowest BCUT2D eigenvalue weighted by Crippen LogP contribution is -2.51. The first-order chi connectivity index (χ1) is 9.67. The zero-order valence-electron chi connectivity index (χ0n) is 11.9. The lowest BCUT2D eigenvalue weighted by Gasteiger charge is -2.34. The molecule has 2 rings (SSSR count). The minimum atomic E-state index is -0.368. The highest BCUT2D eigenvalue weighted by Gasteiger charge is 2.32. The highest BCUT2D eigenvalue weighted by atomic mass is 16.5. The van der Waals surface area contributed by atoms with Gasteiger partial charge in [0.15, 0.2) is 0 Å². The minimum Gasteiger partial charge on any atom is -0.497 e. The zero-order chi connectivity index (χ0) is 14.5. The van der Waals surface area contributed by atoms with Gasteiger partial charge in [-0.3, -0.25) is 9.59 Å². The number of carbonyl (C=O) groups excluding carboxylic acids is 2. The normalized spacial score (nSPS) is 18.5. The third kappa shape index (κ3) is 2.92. The second-order valence-electron chi connectivity index (χ2n) is 4.86. The molecule has 0 bridgehead atoms. The van der Waals surface area contributed by atoms with Crippen molar-refractivity contribution in [2.24, 2.45) is 0 Å². The summed E-state index contributed by atoms with van der Waals surface area (Å²) in [5.74, 6) is 0.433. The molecular formula is C15H20N2O3. The molecule has 0 unspecified atom stereocenters. The summed E-state index contributed by atoms with van der Waals surface area (Å²) in [5.41, 5.74) is 0.556. The average molecular weight is 276 g/mol. The van der Waals surface area contributed by atoms with Gasteiger partial charge >= 0.3 is 0 Å². The van der Waals surface area contributed by atoms with Crippen LogP contribution in [0.4, 0.5) is 0 Å². The first-order valence-electron chi connectivity index (χ1n) is 6.84. The Morgan fingerprint density at radius 2 is 2.15 bits per heavy atom. The molecule has 20 heavy (non-hydrogen) atoms. The van der Waals surface area contributed by atoms with E-state index in [1.165, 1.54) is 0 Å². The van der Waals surface area contributed by atoms with Gasteiger partial charge in [-0.2, -0.15) is 0 Å². The Morgan fingerprint density at radius 1 is 1.35 bits per heavy atom. The Labute approximate surface area is 118 Å². The van der Waals surface area contributed by atoms with Crippen LogP contribution in [0.2, 0.25) is 0 Å². The summed E-state index contributed by atoms with van der Waals surface area (Å²) in [7, 11) is 3.17. The summed E-state index contributed by atoms with van der Waals surface area (Å²) in [6, 6.07) is 6.67. The maximum Gasteiger partial charge on any atom is 0.254 e. The molecule has 1 aliphatic rings. The summed E-state index contributed by atoms with van der Waals surface area (Å²) >= 11 is 0. The van der Waals surface area contributed by atoms with Gasteiger partial charge in [0.25, 0.3) is 5.91 Å². The zero-order valence-corrected chi connectivity index (χ0v) is 11.9. The van der Waals surface area contributed by atoms with Crippen LogP contribution in [-0.2, 0) is 4.79 Å². The Hall–Kier alpha value is -2.04. The molecule has 5 nitrogen and oxygen atoms in total.